The minimum absolute atomic E-state index is 0.251. The number of esters is 1. The van der Waals surface area contributed by atoms with Crippen LogP contribution in [0.3, 0.4) is 0 Å². The number of ether oxygens (including phenoxy) is 1. The molecule has 2 aromatic rings. The quantitative estimate of drug-likeness (QED) is 0.587. The molecule has 2 aromatic carbocycles. The Morgan fingerprint density at radius 2 is 1.93 bits per heavy atom. The average Bonchev–Trinajstić information content (AvgIpc) is 2.58. The van der Waals surface area contributed by atoms with Crippen LogP contribution in [0.1, 0.15) is 34.5 Å². The summed E-state index contributed by atoms with van der Waals surface area (Å²) >= 11 is 5.89. The second-order valence-electron chi connectivity index (χ2n) is 5.72. The summed E-state index contributed by atoms with van der Waals surface area (Å²) in [6.07, 6.45) is -4.58. The van der Waals surface area contributed by atoms with Gasteiger partial charge in [-0.2, -0.15) is 13.2 Å². The molecule has 1 atom stereocenters. The van der Waals surface area contributed by atoms with E-state index in [4.69, 9.17) is 22.1 Å². The van der Waals surface area contributed by atoms with Crippen LogP contribution in [0.2, 0.25) is 5.02 Å². The predicted molar refractivity (Wildman–Crippen MR) is 94.1 cm³/mol. The largest absolute Gasteiger partial charge is 0.452 e. The molecule has 2 rings (SSSR count). The van der Waals surface area contributed by atoms with Crippen LogP contribution in [0, 0.1) is 0 Å². The SMILES string of the molecule is C[C@H](NC(=O)COC(=O)c1ccc(C(F)(F)F)cc1N)c1cccc(Cl)c1. The summed E-state index contributed by atoms with van der Waals surface area (Å²) in [4.78, 5) is 23.9. The Morgan fingerprint density at radius 1 is 1.22 bits per heavy atom. The highest BCUT2D eigenvalue weighted by molar-refractivity contribution is 6.30. The Hall–Kier alpha value is -2.74. The Balaban J connectivity index is 1.94. The van der Waals surface area contributed by atoms with Crippen molar-refractivity contribution in [2.45, 2.75) is 19.1 Å². The van der Waals surface area contributed by atoms with Gasteiger partial charge < -0.3 is 15.8 Å². The van der Waals surface area contributed by atoms with E-state index in [1.54, 1.807) is 31.2 Å². The molecule has 0 aliphatic rings. The van der Waals surface area contributed by atoms with E-state index < -0.39 is 30.2 Å². The lowest BCUT2D eigenvalue weighted by molar-refractivity contribution is -0.137. The fourth-order valence-electron chi connectivity index (χ4n) is 2.28. The number of nitrogen functional groups attached to an aromatic ring is 1. The molecule has 0 saturated carbocycles. The highest BCUT2D eigenvalue weighted by Gasteiger charge is 2.31. The Morgan fingerprint density at radius 3 is 2.52 bits per heavy atom. The normalized spacial score (nSPS) is 12.3. The Bertz CT molecular complexity index is 856. The number of halogens is 4. The van der Waals surface area contributed by atoms with E-state index in [0.29, 0.717) is 17.2 Å². The van der Waals surface area contributed by atoms with E-state index in [-0.39, 0.29) is 17.3 Å². The fourth-order valence-corrected chi connectivity index (χ4v) is 2.47. The topological polar surface area (TPSA) is 81.4 Å². The molecule has 9 heteroatoms. The number of carbonyl (C=O) groups is 2. The van der Waals surface area contributed by atoms with E-state index in [1.165, 1.54) is 0 Å². The summed E-state index contributed by atoms with van der Waals surface area (Å²) in [7, 11) is 0. The molecular formula is C18H16ClF3N2O3. The molecule has 0 aromatic heterocycles. The first-order valence-electron chi connectivity index (χ1n) is 7.76. The first-order valence-corrected chi connectivity index (χ1v) is 8.14. The maximum absolute atomic E-state index is 12.6. The van der Waals surface area contributed by atoms with Crippen molar-refractivity contribution >= 4 is 29.2 Å². The minimum Gasteiger partial charge on any atom is -0.452 e. The van der Waals surface area contributed by atoms with Crippen LogP contribution in [-0.4, -0.2) is 18.5 Å². The van der Waals surface area contributed by atoms with Gasteiger partial charge in [-0.15, -0.1) is 0 Å². The van der Waals surface area contributed by atoms with Crippen molar-refractivity contribution in [2.75, 3.05) is 12.3 Å². The van der Waals surface area contributed by atoms with Gasteiger partial charge in [0.25, 0.3) is 5.91 Å². The summed E-state index contributed by atoms with van der Waals surface area (Å²) in [5.74, 6) is -1.58. The van der Waals surface area contributed by atoms with E-state index >= 15 is 0 Å². The molecule has 0 fully saturated rings. The smallest absolute Gasteiger partial charge is 0.416 e. The van der Waals surface area contributed by atoms with Crippen LogP contribution in [0.5, 0.6) is 0 Å². The molecule has 0 bridgehead atoms. The van der Waals surface area contributed by atoms with Gasteiger partial charge in [0.1, 0.15) is 0 Å². The molecule has 5 nitrogen and oxygen atoms in total. The zero-order valence-corrected chi connectivity index (χ0v) is 14.9. The molecule has 0 radical (unpaired) electrons. The number of alkyl halides is 3. The lowest BCUT2D eigenvalue weighted by atomic mass is 10.1. The third-order valence-electron chi connectivity index (χ3n) is 3.66. The Kier molecular flexibility index (Phi) is 6.32. The third-order valence-corrected chi connectivity index (χ3v) is 3.89. The lowest BCUT2D eigenvalue weighted by Crippen LogP contribution is -2.31. The van der Waals surface area contributed by atoms with Crippen LogP contribution < -0.4 is 11.1 Å². The van der Waals surface area contributed by atoms with E-state index in [2.05, 4.69) is 5.32 Å². The number of carbonyl (C=O) groups excluding carboxylic acids is 2. The van der Waals surface area contributed by atoms with Crippen LogP contribution in [0.4, 0.5) is 18.9 Å². The van der Waals surface area contributed by atoms with Crippen molar-refractivity contribution in [1.82, 2.24) is 5.32 Å². The van der Waals surface area contributed by atoms with Crippen molar-refractivity contribution in [3.05, 3.63) is 64.2 Å². The molecule has 0 saturated heterocycles. The van der Waals surface area contributed by atoms with Gasteiger partial charge >= 0.3 is 12.1 Å². The monoisotopic (exact) mass is 400 g/mol. The highest BCUT2D eigenvalue weighted by Crippen LogP contribution is 2.31. The molecule has 27 heavy (non-hydrogen) atoms. The molecule has 0 heterocycles. The predicted octanol–water partition coefficient (Wildman–Crippen LogP) is 3.98. The van der Waals surface area contributed by atoms with Gasteiger partial charge in [0.15, 0.2) is 6.61 Å². The molecule has 0 unspecified atom stereocenters. The summed E-state index contributed by atoms with van der Waals surface area (Å²) in [6.45, 7) is 1.11. The molecule has 0 aliphatic heterocycles. The number of nitrogens with two attached hydrogens (primary N) is 1. The van der Waals surface area contributed by atoms with E-state index in [0.717, 1.165) is 11.6 Å². The number of nitrogens with one attached hydrogen (secondary N) is 1. The standard InChI is InChI=1S/C18H16ClF3N2O3/c1-10(11-3-2-4-13(19)7-11)24-16(25)9-27-17(26)14-6-5-12(8-15(14)23)18(20,21)22/h2-8,10H,9,23H2,1H3,(H,24,25)/t10-/m0/s1. The summed E-state index contributed by atoms with van der Waals surface area (Å²) < 4.78 is 42.6. The second-order valence-corrected chi connectivity index (χ2v) is 6.16. The molecule has 0 spiro atoms. The van der Waals surface area contributed by atoms with E-state index in [1.807, 2.05) is 0 Å². The first-order chi connectivity index (χ1) is 12.6. The zero-order chi connectivity index (χ0) is 20.2. The fraction of sp³-hybridized carbons (Fsp3) is 0.222. The van der Waals surface area contributed by atoms with Gasteiger partial charge in [0.05, 0.1) is 17.2 Å². The van der Waals surface area contributed by atoms with Gasteiger partial charge in [-0.3, -0.25) is 4.79 Å². The lowest BCUT2D eigenvalue weighted by Gasteiger charge is -2.15. The number of benzene rings is 2. The van der Waals surface area contributed by atoms with Crippen molar-refractivity contribution in [2.24, 2.45) is 0 Å². The first kappa shape index (κ1) is 20.6. The van der Waals surface area contributed by atoms with Gasteiger partial charge in [-0.1, -0.05) is 23.7 Å². The molecule has 1 amide bonds. The minimum atomic E-state index is -4.58. The van der Waals surface area contributed by atoms with Crippen molar-refractivity contribution in [3.63, 3.8) is 0 Å². The molecule has 0 aliphatic carbocycles. The summed E-state index contributed by atoms with van der Waals surface area (Å²) in [5, 5.41) is 3.13. The average molecular weight is 401 g/mol. The van der Waals surface area contributed by atoms with Gasteiger partial charge in [0, 0.05) is 10.7 Å². The number of rotatable bonds is 5. The third kappa shape index (κ3) is 5.62. The zero-order valence-electron chi connectivity index (χ0n) is 14.1. The van der Waals surface area contributed by atoms with Crippen LogP contribution in [0.25, 0.3) is 0 Å². The molecule has 144 valence electrons. The summed E-state index contributed by atoms with van der Waals surface area (Å²) in [6, 6.07) is 8.75. The van der Waals surface area contributed by atoms with Crippen molar-refractivity contribution in [3.8, 4) is 0 Å². The van der Waals surface area contributed by atoms with Crippen molar-refractivity contribution in [1.29, 1.82) is 0 Å². The maximum atomic E-state index is 12.6. The number of amides is 1. The van der Waals surface area contributed by atoms with Gasteiger partial charge in [-0.25, -0.2) is 4.79 Å². The van der Waals surface area contributed by atoms with Crippen LogP contribution in [0.15, 0.2) is 42.5 Å². The van der Waals surface area contributed by atoms with Crippen molar-refractivity contribution < 1.29 is 27.5 Å². The van der Waals surface area contributed by atoms with Crippen LogP contribution >= 0.6 is 11.6 Å². The highest BCUT2D eigenvalue weighted by atomic mass is 35.5. The van der Waals surface area contributed by atoms with Crippen LogP contribution in [-0.2, 0) is 15.7 Å². The van der Waals surface area contributed by atoms with Gasteiger partial charge in [0.2, 0.25) is 0 Å². The number of anilines is 1. The van der Waals surface area contributed by atoms with E-state index in [9.17, 15) is 22.8 Å². The number of hydrogen-bond donors (Lipinski definition) is 2. The van der Waals surface area contributed by atoms with Gasteiger partial charge in [-0.05, 0) is 42.8 Å². The molecule has 3 N–H and O–H groups in total. The summed E-state index contributed by atoms with van der Waals surface area (Å²) in [5.41, 5.74) is 4.62. The Labute approximate surface area is 158 Å². The second kappa shape index (κ2) is 8.30. The molecular weight excluding hydrogens is 385 g/mol. The maximum Gasteiger partial charge on any atom is 0.416 e. The number of hydrogen-bond acceptors (Lipinski definition) is 4.